The van der Waals surface area contributed by atoms with Gasteiger partial charge in [0.2, 0.25) is 0 Å². The number of rotatable bonds is 2. The number of aromatic nitrogens is 1. The Hall–Kier alpha value is -1.62. The molecule has 0 aromatic carbocycles. The molecular formula is C16H23N3O2. The predicted molar refractivity (Wildman–Crippen MR) is 80.5 cm³/mol. The van der Waals surface area contributed by atoms with Gasteiger partial charge in [-0.2, -0.15) is 0 Å². The highest BCUT2D eigenvalue weighted by molar-refractivity contribution is 5.95. The number of ether oxygens (including phenoxy) is 1. The van der Waals surface area contributed by atoms with Crippen molar-refractivity contribution in [1.29, 1.82) is 0 Å². The summed E-state index contributed by atoms with van der Waals surface area (Å²) in [6, 6.07) is 2.44. The maximum atomic E-state index is 12.7. The molecule has 0 N–H and O–H groups in total. The number of piperazine rings is 1. The Labute approximate surface area is 125 Å². The van der Waals surface area contributed by atoms with Crippen molar-refractivity contribution in [3.05, 3.63) is 24.0 Å². The van der Waals surface area contributed by atoms with Gasteiger partial charge in [-0.1, -0.05) is 0 Å². The zero-order valence-electron chi connectivity index (χ0n) is 13.2. The van der Waals surface area contributed by atoms with Crippen molar-refractivity contribution < 1.29 is 9.53 Å². The summed E-state index contributed by atoms with van der Waals surface area (Å²) in [5.74, 6) is 0.707. The molecule has 2 aliphatic heterocycles. The van der Waals surface area contributed by atoms with Gasteiger partial charge in [0, 0.05) is 36.9 Å². The largest absolute Gasteiger partial charge is 0.495 e. The van der Waals surface area contributed by atoms with E-state index in [0.717, 1.165) is 19.5 Å². The molecule has 114 valence electrons. The van der Waals surface area contributed by atoms with Crippen LogP contribution < -0.4 is 4.74 Å². The third-order valence-electron chi connectivity index (χ3n) is 4.57. The summed E-state index contributed by atoms with van der Waals surface area (Å²) < 4.78 is 5.15. The van der Waals surface area contributed by atoms with Crippen LogP contribution >= 0.6 is 0 Å². The summed E-state index contributed by atoms with van der Waals surface area (Å²) in [6.07, 6.45) is 4.37. The summed E-state index contributed by atoms with van der Waals surface area (Å²) in [7, 11) is 1.59. The molecule has 1 amide bonds. The van der Waals surface area contributed by atoms with Crippen molar-refractivity contribution in [2.24, 2.45) is 0 Å². The van der Waals surface area contributed by atoms with Crippen LogP contribution in [0, 0.1) is 0 Å². The number of carbonyl (C=O) groups excluding carboxylic acids is 1. The first-order valence-electron chi connectivity index (χ1n) is 7.47. The Bertz CT molecular complexity index is 541. The van der Waals surface area contributed by atoms with E-state index in [2.05, 4.69) is 30.7 Å². The highest BCUT2D eigenvalue weighted by Crippen LogP contribution is 2.36. The van der Waals surface area contributed by atoms with E-state index in [4.69, 9.17) is 4.74 Å². The van der Waals surface area contributed by atoms with Crippen LogP contribution in [-0.2, 0) is 0 Å². The molecule has 2 fully saturated rings. The van der Waals surface area contributed by atoms with Crippen LogP contribution in [0.15, 0.2) is 18.5 Å². The summed E-state index contributed by atoms with van der Waals surface area (Å²) in [5.41, 5.74) is 0.789. The number of piperidine rings is 1. The van der Waals surface area contributed by atoms with E-state index in [1.54, 1.807) is 25.6 Å². The van der Waals surface area contributed by atoms with Gasteiger partial charge >= 0.3 is 0 Å². The minimum atomic E-state index is 0.0798. The number of amides is 1. The maximum absolute atomic E-state index is 12.7. The first-order valence-corrected chi connectivity index (χ1v) is 7.47. The molecule has 2 saturated heterocycles. The maximum Gasteiger partial charge on any atom is 0.256 e. The van der Waals surface area contributed by atoms with E-state index in [1.165, 1.54) is 0 Å². The summed E-state index contributed by atoms with van der Waals surface area (Å²) in [6.45, 7) is 8.62. The van der Waals surface area contributed by atoms with Crippen molar-refractivity contribution in [3.63, 3.8) is 0 Å². The normalized spacial score (nSPS) is 25.4. The Morgan fingerprint density at radius 2 is 1.95 bits per heavy atom. The Kier molecular flexibility index (Phi) is 3.40. The SMILES string of the molecule is COc1cncc(C(=O)N2C3CC2CN(C(C)(C)C)C3)c1. The van der Waals surface area contributed by atoms with Gasteiger partial charge in [0.1, 0.15) is 5.75 Å². The smallest absolute Gasteiger partial charge is 0.256 e. The average Bonchev–Trinajstić information content (AvgIpc) is 2.46. The van der Waals surface area contributed by atoms with Crippen LogP contribution in [-0.4, -0.2) is 58.5 Å². The van der Waals surface area contributed by atoms with Gasteiger partial charge in [0.25, 0.3) is 5.91 Å². The van der Waals surface area contributed by atoms with Gasteiger partial charge < -0.3 is 9.64 Å². The molecule has 1 aromatic heterocycles. The molecule has 0 saturated carbocycles. The third-order valence-corrected chi connectivity index (χ3v) is 4.57. The lowest BCUT2D eigenvalue weighted by molar-refractivity contribution is -0.0737. The molecular weight excluding hydrogens is 266 g/mol. The molecule has 2 bridgehead atoms. The minimum absolute atomic E-state index is 0.0798. The van der Waals surface area contributed by atoms with Crippen LogP contribution in [0.2, 0.25) is 0 Å². The molecule has 2 aliphatic rings. The van der Waals surface area contributed by atoms with Crippen LogP contribution in [0.5, 0.6) is 5.75 Å². The lowest BCUT2D eigenvalue weighted by Crippen LogP contribution is -2.72. The van der Waals surface area contributed by atoms with Crippen molar-refractivity contribution in [3.8, 4) is 5.75 Å². The number of nitrogens with zero attached hydrogens (tertiary/aromatic N) is 3. The quantitative estimate of drug-likeness (QED) is 0.832. The first kappa shape index (κ1) is 14.3. The highest BCUT2D eigenvalue weighted by atomic mass is 16.5. The number of methoxy groups -OCH3 is 1. The summed E-state index contributed by atoms with van der Waals surface area (Å²) in [5, 5.41) is 0. The molecule has 2 atom stereocenters. The number of hydrogen-bond acceptors (Lipinski definition) is 4. The monoisotopic (exact) mass is 289 g/mol. The molecule has 0 radical (unpaired) electrons. The number of carbonyl (C=O) groups is 1. The molecule has 5 heteroatoms. The fourth-order valence-electron chi connectivity index (χ4n) is 3.29. The second kappa shape index (κ2) is 4.98. The first-order chi connectivity index (χ1) is 9.90. The van der Waals surface area contributed by atoms with E-state index in [9.17, 15) is 4.79 Å². The molecule has 0 aliphatic carbocycles. The molecule has 0 spiro atoms. The predicted octanol–water partition coefficient (Wildman–Crippen LogP) is 1.79. The average molecular weight is 289 g/mol. The van der Waals surface area contributed by atoms with Gasteiger partial charge in [-0.05, 0) is 33.3 Å². The topological polar surface area (TPSA) is 45.7 Å². The van der Waals surface area contributed by atoms with Crippen LogP contribution in [0.1, 0.15) is 37.6 Å². The standard InChI is InChI=1S/C16H23N3O2/c1-16(2,3)18-9-12-6-13(10-18)19(12)15(20)11-5-14(21-4)8-17-7-11/h5,7-8,12-13H,6,9-10H2,1-4H3. The van der Waals surface area contributed by atoms with E-state index >= 15 is 0 Å². The van der Waals surface area contributed by atoms with Crippen LogP contribution in [0.25, 0.3) is 0 Å². The van der Waals surface area contributed by atoms with Gasteiger partial charge in [0.15, 0.2) is 0 Å². The number of pyridine rings is 1. The second-order valence-electron chi connectivity index (χ2n) is 6.95. The molecule has 21 heavy (non-hydrogen) atoms. The minimum Gasteiger partial charge on any atom is -0.495 e. The fraction of sp³-hybridized carbons (Fsp3) is 0.625. The Balaban J connectivity index is 1.73. The van der Waals surface area contributed by atoms with Crippen molar-refractivity contribution in [2.75, 3.05) is 20.2 Å². The third kappa shape index (κ3) is 2.50. The van der Waals surface area contributed by atoms with E-state index < -0.39 is 0 Å². The van der Waals surface area contributed by atoms with Gasteiger partial charge in [-0.15, -0.1) is 0 Å². The number of fused-ring (bicyclic) bond motifs is 2. The molecule has 3 rings (SSSR count). The van der Waals surface area contributed by atoms with Gasteiger partial charge in [0.05, 0.1) is 18.9 Å². The Morgan fingerprint density at radius 3 is 2.52 bits per heavy atom. The van der Waals surface area contributed by atoms with Crippen LogP contribution in [0.4, 0.5) is 0 Å². The Morgan fingerprint density at radius 1 is 1.29 bits per heavy atom. The fourth-order valence-corrected chi connectivity index (χ4v) is 3.29. The number of hydrogen-bond donors (Lipinski definition) is 0. The number of likely N-dealkylation sites (tertiary alicyclic amines) is 2. The van der Waals surface area contributed by atoms with Crippen molar-refractivity contribution in [1.82, 2.24) is 14.8 Å². The van der Waals surface area contributed by atoms with E-state index in [-0.39, 0.29) is 11.4 Å². The van der Waals surface area contributed by atoms with Crippen molar-refractivity contribution >= 4 is 5.91 Å². The summed E-state index contributed by atoms with van der Waals surface area (Å²) in [4.78, 5) is 21.3. The van der Waals surface area contributed by atoms with Gasteiger partial charge in [-0.3, -0.25) is 14.7 Å². The zero-order chi connectivity index (χ0) is 15.2. The van der Waals surface area contributed by atoms with Crippen LogP contribution in [0.3, 0.4) is 0 Å². The highest BCUT2D eigenvalue weighted by Gasteiger charge is 2.49. The van der Waals surface area contributed by atoms with E-state index in [0.29, 0.717) is 23.4 Å². The molecule has 3 heterocycles. The molecule has 5 nitrogen and oxygen atoms in total. The molecule has 2 unspecified atom stereocenters. The lowest BCUT2D eigenvalue weighted by atomic mass is 9.84. The van der Waals surface area contributed by atoms with E-state index in [1.807, 2.05) is 4.90 Å². The van der Waals surface area contributed by atoms with Crippen molar-refractivity contribution in [2.45, 2.75) is 44.8 Å². The molecule has 1 aromatic rings. The zero-order valence-corrected chi connectivity index (χ0v) is 13.2. The van der Waals surface area contributed by atoms with Gasteiger partial charge in [-0.25, -0.2) is 0 Å². The summed E-state index contributed by atoms with van der Waals surface area (Å²) >= 11 is 0. The lowest BCUT2D eigenvalue weighted by Gasteiger charge is -2.59. The second-order valence-corrected chi connectivity index (χ2v) is 6.95.